The molecule has 0 fully saturated rings. The minimum Gasteiger partial charge on any atom is -0.481 e. The molecule has 6 heteroatoms. The van der Waals surface area contributed by atoms with Gasteiger partial charge in [0.1, 0.15) is 11.4 Å². The van der Waals surface area contributed by atoms with Crippen LogP contribution in [-0.4, -0.2) is 22.8 Å². The number of hydrogen-bond donors (Lipinski definition) is 2. The summed E-state index contributed by atoms with van der Waals surface area (Å²) in [5, 5.41) is 11.4. The molecule has 0 heterocycles. The monoisotopic (exact) mass is 297 g/mol. The highest BCUT2D eigenvalue weighted by Crippen LogP contribution is 2.19. The Kier molecular flexibility index (Phi) is 5.29. The first-order chi connectivity index (χ1) is 9.58. The number of carbonyl (C=O) groups is 2. The van der Waals surface area contributed by atoms with E-state index in [2.05, 4.69) is 5.32 Å². The van der Waals surface area contributed by atoms with Crippen molar-refractivity contribution in [3.05, 3.63) is 29.6 Å². The van der Waals surface area contributed by atoms with E-state index in [1.54, 1.807) is 20.8 Å². The van der Waals surface area contributed by atoms with Gasteiger partial charge in [-0.1, -0.05) is 6.92 Å². The summed E-state index contributed by atoms with van der Waals surface area (Å²) >= 11 is 0. The summed E-state index contributed by atoms with van der Waals surface area (Å²) in [5.41, 5.74) is -0.0400. The molecule has 0 aliphatic heterocycles. The molecule has 1 aromatic rings. The quantitative estimate of drug-likeness (QED) is 0.892. The standard InChI is InChI=1S/C15H20FNO4/c1-9(13(18)19)7-10-8-11(5-6-12(10)16)17-14(20)21-15(2,3)4/h5-6,8-9H,7H2,1-4H3,(H,17,20)(H,18,19). The number of hydrogen-bond acceptors (Lipinski definition) is 3. The summed E-state index contributed by atoms with van der Waals surface area (Å²) in [4.78, 5) is 22.5. The lowest BCUT2D eigenvalue weighted by molar-refractivity contribution is -0.141. The molecule has 0 spiro atoms. The van der Waals surface area contributed by atoms with Gasteiger partial charge in [-0.15, -0.1) is 0 Å². The smallest absolute Gasteiger partial charge is 0.412 e. The Bertz CT molecular complexity index is 537. The predicted molar refractivity (Wildman–Crippen MR) is 76.8 cm³/mol. The Morgan fingerprint density at radius 1 is 1.38 bits per heavy atom. The van der Waals surface area contributed by atoms with Crippen LogP contribution >= 0.6 is 0 Å². The van der Waals surface area contributed by atoms with Crippen molar-refractivity contribution in [3.63, 3.8) is 0 Å². The van der Waals surface area contributed by atoms with Crippen LogP contribution in [0.1, 0.15) is 33.3 Å². The molecule has 0 bridgehead atoms. The summed E-state index contributed by atoms with van der Waals surface area (Å²) in [6, 6.07) is 4.00. The molecule has 0 radical (unpaired) electrons. The molecule has 116 valence electrons. The Morgan fingerprint density at radius 3 is 2.52 bits per heavy atom. The highest BCUT2D eigenvalue weighted by molar-refractivity contribution is 5.85. The number of carbonyl (C=O) groups excluding carboxylic acids is 1. The zero-order valence-electron chi connectivity index (χ0n) is 12.6. The lowest BCUT2D eigenvalue weighted by Gasteiger charge is -2.20. The fraction of sp³-hybridized carbons (Fsp3) is 0.467. The fourth-order valence-corrected chi connectivity index (χ4v) is 1.65. The molecule has 1 atom stereocenters. The largest absolute Gasteiger partial charge is 0.481 e. The number of carboxylic acids is 1. The van der Waals surface area contributed by atoms with Gasteiger partial charge in [0.05, 0.1) is 5.92 Å². The summed E-state index contributed by atoms with van der Waals surface area (Å²) in [6.07, 6.45) is -0.600. The first kappa shape index (κ1) is 16.9. The van der Waals surface area contributed by atoms with E-state index < -0.39 is 29.4 Å². The van der Waals surface area contributed by atoms with E-state index in [4.69, 9.17) is 9.84 Å². The van der Waals surface area contributed by atoms with Crippen LogP contribution in [0.5, 0.6) is 0 Å². The van der Waals surface area contributed by atoms with Gasteiger partial charge < -0.3 is 9.84 Å². The van der Waals surface area contributed by atoms with Gasteiger partial charge in [0, 0.05) is 5.69 Å². The number of aliphatic carboxylic acids is 1. The number of halogens is 1. The average Bonchev–Trinajstić information content (AvgIpc) is 2.30. The van der Waals surface area contributed by atoms with Crippen molar-refractivity contribution in [2.45, 2.75) is 39.7 Å². The Morgan fingerprint density at radius 2 is 2.00 bits per heavy atom. The molecule has 0 saturated heterocycles. The zero-order valence-corrected chi connectivity index (χ0v) is 12.6. The average molecular weight is 297 g/mol. The molecule has 2 N–H and O–H groups in total. The van der Waals surface area contributed by atoms with Crippen molar-refractivity contribution < 1.29 is 23.8 Å². The number of ether oxygens (including phenoxy) is 1. The van der Waals surface area contributed by atoms with E-state index in [-0.39, 0.29) is 12.0 Å². The van der Waals surface area contributed by atoms with Gasteiger partial charge in [-0.25, -0.2) is 9.18 Å². The third kappa shape index (κ3) is 5.81. The lowest BCUT2D eigenvalue weighted by atomic mass is 10.0. The van der Waals surface area contributed by atoms with Crippen molar-refractivity contribution in [1.29, 1.82) is 0 Å². The van der Waals surface area contributed by atoms with E-state index in [1.807, 2.05) is 0 Å². The van der Waals surface area contributed by atoms with Crippen LogP contribution in [0, 0.1) is 11.7 Å². The van der Waals surface area contributed by atoms with Crippen molar-refractivity contribution in [2.75, 3.05) is 5.32 Å². The topological polar surface area (TPSA) is 75.6 Å². The Labute approximate surface area is 123 Å². The van der Waals surface area contributed by atoms with Crippen LogP contribution in [0.2, 0.25) is 0 Å². The maximum absolute atomic E-state index is 13.7. The van der Waals surface area contributed by atoms with Crippen molar-refractivity contribution >= 4 is 17.7 Å². The predicted octanol–water partition coefficient (Wildman–Crippen LogP) is 3.44. The molecule has 1 rings (SSSR count). The maximum atomic E-state index is 13.7. The highest BCUT2D eigenvalue weighted by atomic mass is 19.1. The number of carboxylic acid groups (broad SMARTS) is 1. The second-order valence-electron chi connectivity index (χ2n) is 5.88. The summed E-state index contributed by atoms with van der Waals surface area (Å²) in [7, 11) is 0. The summed E-state index contributed by atoms with van der Waals surface area (Å²) < 4.78 is 18.8. The maximum Gasteiger partial charge on any atom is 0.412 e. The van der Waals surface area contributed by atoms with E-state index in [1.165, 1.54) is 25.1 Å². The van der Waals surface area contributed by atoms with Gasteiger partial charge >= 0.3 is 12.1 Å². The SMILES string of the molecule is CC(Cc1cc(NC(=O)OC(C)(C)C)ccc1F)C(=O)O. The van der Waals surface area contributed by atoms with Crippen molar-refractivity contribution in [2.24, 2.45) is 5.92 Å². The van der Waals surface area contributed by atoms with Crippen molar-refractivity contribution in [1.82, 2.24) is 0 Å². The number of benzene rings is 1. The molecule has 1 amide bonds. The summed E-state index contributed by atoms with van der Waals surface area (Å²) in [5.74, 6) is -2.21. The minimum atomic E-state index is -1.00. The first-order valence-corrected chi connectivity index (χ1v) is 6.59. The van der Waals surface area contributed by atoms with Crippen LogP contribution in [-0.2, 0) is 16.0 Å². The molecular weight excluding hydrogens is 277 g/mol. The Balaban J connectivity index is 2.82. The molecule has 0 aliphatic rings. The molecule has 1 unspecified atom stereocenters. The van der Waals surface area contributed by atoms with E-state index in [0.29, 0.717) is 5.69 Å². The van der Waals surface area contributed by atoms with Gasteiger partial charge in [-0.2, -0.15) is 0 Å². The molecule has 1 aromatic carbocycles. The number of anilines is 1. The third-order valence-corrected chi connectivity index (χ3v) is 2.64. The normalized spacial score (nSPS) is 12.6. The molecule has 21 heavy (non-hydrogen) atoms. The van der Waals surface area contributed by atoms with E-state index in [9.17, 15) is 14.0 Å². The van der Waals surface area contributed by atoms with Crippen LogP contribution in [0.4, 0.5) is 14.9 Å². The lowest BCUT2D eigenvalue weighted by Crippen LogP contribution is -2.27. The molecule has 5 nitrogen and oxygen atoms in total. The number of nitrogens with one attached hydrogen (secondary N) is 1. The van der Waals surface area contributed by atoms with Gasteiger partial charge in [-0.3, -0.25) is 10.1 Å². The first-order valence-electron chi connectivity index (χ1n) is 6.59. The second kappa shape index (κ2) is 6.56. The molecule has 0 saturated carbocycles. The minimum absolute atomic E-state index is 0.0466. The second-order valence-corrected chi connectivity index (χ2v) is 5.88. The zero-order chi connectivity index (χ0) is 16.2. The van der Waals surface area contributed by atoms with Crippen LogP contribution < -0.4 is 5.32 Å². The van der Waals surface area contributed by atoms with Crippen LogP contribution in [0.15, 0.2) is 18.2 Å². The number of rotatable bonds is 4. The Hall–Kier alpha value is -2.11. The van der Waals surface area contributed by atoms with Gasteiger partial charge in [0.2, 0.25) is 0 Å². The summed E-state index contributed by atoms with van der Waals surface area (Å²) in [6.45, 7) is 6.70. The van der Waals surface area contributed by atoms with Crippen LogP contribution in [0.3, 0.4) is 0 Å². The molecule has 0 aliphatic carbocycles. The fourth-order valence-electron chi connectivity index (χ4n) is 1.65. The van der Waals surface area contributed by atoms with Gasteiger partial charge in [-0.05, 0) is 51.0 Å². The van der Waals surface area contributed by atoms with Crippen LogP contribution in [0.25, 0.3) is 0 Å². The number of amides is 1. The molecule has 0 aromatic heterocycles. The third-order valence-electron chi connectivity index (χ3n) is 2.64. The van der Waals surface area contributed by atoms with Crippen molar-refractivity contribution in [3.8, 4) is 0 Å². The highest BCUT2D eigenvalue weighted by Gasteiger charge is 2.18. The van der Waals surface area contributed by atoms with E-state index in [0.717, 1.165) is 0 Å². The molecular formula is C15H20FNO4. The van der Waals surface area contributed by atoms with Gasteiger partial charge in [0.15, 0.2) is 0 Å². The van der Waals surface area contributed by atoms with Gasteiger partial charge in [0.25, 0.3) is 0 Å². The van der Waals surface area contributed by atoms with E-state index >= 15 is 0 Å².